The lowest BCUT2D eigenvalue weighted by Crippen LogP contribution is -2.44. The minimum absolute atomic E-state index is 0.0991. The fraction of sp³-hybridized carbons (Fsp3) is 0.889. The standard InChI is InChI=1S/C9H16O3/c1-3-4-9(6-12-7-9)5-8(10)11-2/h3-7H2,1-2H3. The second-order valence-electron chi connectivity index (χ2n) is 3.50. The minimum atomic E-state index is -0.119. The quantitative estimate of drug-likeness (QED) is 0.601. The van der Waals surface area contributed by atoms with Crippen LogP contribution < -0.4 is 0 Å². The van der Waals surface area contributed by atoms with Gasteiger partial charge in [0, 0.05) is 5.41 Å². The van der Waals surface area contributed by atoms with Crippen molar-refractivity contribution < 1.29 is 14.3 Å². The third-order valence-corrected chi connectivity index (χ3v) is 2.34. The highest BCUT2D eigenvalue weighted by atomic mass is 16.5. The third-order valence-electron chi connectivity index (χ3n) is 2.34. The van der Waals surface area contributed by atoms with Crippen molar-refractivity contribution in [3.05, 3.63) is 0 Å². The van der Waals surface area contributed by atoms with Crippen LogP contribution in [0.3, 0.4) is 0 Å². The number of methoxy groups -OCH3 is 1. The molecule has 3 heteroatoms. The summed E-state index contributed by atoms with van der Waals surface area (Å²) in [4.78, 5) is 11.0. The molecule has 12 heavy (non-hydrogen) atoms. The number of hydrogen-bond donors (Lipinski definition) is 0. The van der Waals surface area contributed by atoms with Gasteiger partial charge in [-0.3, -0.25) is 4.79 Å². The van der Waals surface area contributed by atoms with Gasteiger partial charge in [0.15, 0.2) is 0 Å². The Bertz CT molecular complexity index is 161. The number of carbonyl (C=O) groups is 1. The molecule has 1 rings (SSSR count). The smallest absolute Gasteiger partial charge is 0.306 e. The average Bonchev–Trinajstić information content (AvgIpc) is 2.00. The Morgan fingerprint density at radius 1 is 1.58 bits per heavy atom. The van der Waals surface area contributed by atoms with E-state index in [0.717, 1.165) is 26.1 Å². The molecule has 1 aliphatic rings. The molecule has 0 atom stereocenters. The minimum Gasteiger partial charge on any atom is -0.469 e. The predicted molar refractivity (Wildman–Crippen MR) is 44.8 cm³/mol. The average molecular weight is 172 g/mol. The number of esters is 1. The first kappa shape index (κ1) is 9.52. The fourth-order valence-corrected chi connectivity index (χ4v) is 1.63. The van der Waals surface area contributed by atoms with E-state index in [9.17, 15) is 4.79 Å². The Balaban J connectivity index is 2.39. The Morgan fingerprint density at radius 3 is 2.58 bits per heavy atom. The van der Waals surface area contributed by atoms with Gasteiger partial charge in [-0.05, 0) is 6.42 Å². The lowest BCUT2D eigenvalue weighted by Gasteiger charge is -2.40. The van der Waals surface area contributed by atoms with Gasteiger partial charge in [0.05, 0.1) is 26.7 Å². The lowest BCUT2D eigenvalue weighted by molar-refractivity contribution is -0.160. The largest absolute Gasteiger partial charge is 0.469 e. The molecule has 0 amide bonds. The van der Waals surface area contributed by atoms with E-state index < -0.39 is 0 Å². The van der Waals surface area contributed by atoms with Crippen LogP contribution in [0.15, 0.2) is 0 Å². The molecule has 0 spiro atoms. The maximum atomic E-state index is 11.0. The number of ether oxygens (including phenoxy) is 2. The first-order chi connectivity index (χ1) is 5.72. The molecular weight excluding hydrogens is 156 g/mol. The molecule has 0 aromatic rings. The van der Waals surface area contributed by atoms with Crippen LogP contribution in [0.1, 0.15) is 26.2 Å². The maximum absolute atomic E-state index is 11.0. The zero-order chi connectivity index (χ0) is 9.03. The molecule has 1 saturated heterocycles. The molecule has 3 nitrogen and oxygen atoms in total. The summed E-state index contributed by atoms with van der Waals surface area (Å²) in [5, 5.41) is 0. The zero-order valence-corrected chi connectivity index (χ0v) is 7.76. The summed E-state index contributed by atoms with van der Waals surface area (Å²) in [7, 11) is 1.43. The molecule has 0 radical (unpaired) electrons. The van der Waals surface area contributed by atoms with Gasteiger partial charge in [-0.2, -0.15) is 0 Å². The van der Waals surface area contributed by atoms with Crippen LogP contribution in [0.4, 0.5) is 0 Å². The number of rotatable bonds is 4. The fourth-order valence-electron chi connectivity index (χ4n) is 1.63. The normalized spacial score (nSPS) is 19.8. The molecular formula is C9H16O3. The van der Waals surface area contributed by atoms with Gasteiger partial charge >= 0.3 is 5.97 Å². The van der Waals surface area contributed by atoms with Crippen LogP contribution in [-0.2, 0) is 14.3 Å². The highest BCUT2D eigenvalue weighted by Crippen LogP contribution is 2.36. The lowest BCUT2D eigenvalue weighted by atomic mass is 9.78. The van der Waals surface area contributed by atoms with Gasteiger partial charge < -0.3 is 9.47 Å². The predicted octanol–water partition coefficient (Wildman–Crippen LogP) is 1.37. The second-order valence-corrected chi connectivity index (χ2v) is 3.50. The highest BCUT2D eigenvalue weighted by molar-refractivity contribution is 5.70. The number of carbonyl (C=O) groups excluding carboxylic acids is 1. The second kappa shape index (κ2) is 3.90. The van der Waals surface area contributed by atoms with Crippen LogP contribution in [0, 0.1) is 5.41 Å². The first-order valence-electron chi connectivity index (χ1n) is 4.37. The van der Waals surface area contributed by atoms with E-state index in [-0.39, 0.29) is 11.4 Å². The molecule has 1 aliphatic heterocycles. The van der Waals surface area contributed by atoms with Crippen molar-refractivity contribution in [2.24, 2.45) is 5.41 Å². The van der Waals surface area contributed by atoms with Gasteiger partial charge in [-0.25, -0.2) is 0 Å². The van der Waals surface area contributed by atoms with E-state index in [1.165, 1.54) is 7.11 Å². The van der Waals surface area contributed by atoms with Gasteiger partial charge in [0.25, 0.3) is 0 Å². The van der Waals surface area contributed by atoms with Crippen molar-refractivity contribution >= 4 is 5.97 Å². The summed E-state index contributed by atoms with van der Waals surface area (Å²) in [5.74, 6) is -0.119. The van der Waals surface area contributed by atoms with Crippen molar-refractivity contribution in [2.45, 2.75) is 26.2 Å². The van der Waals surface area contributed by atoms with Gasteiger partial charge in [0.2, 0.25) is 0 Å². The Morgan fingerprint density at radius 2 is 2.25 bits per heavy atom. The number of hydrogen-bond acceptors (Lipinski definition) is 3. The zero-order valence-electron chi connectivity index (χ0n) is 7.76. The topological polar surface area (TPSA) is 35.5 Å². The van der Waals surface area contributed by atoms with Crippen LogP contribution in [0.2, 0.25) is 0 Å². The summed E-state index contributed by atoms with van der Waals surface area (Å²) in [5.41, 5.74) is 0.0991. The van der Waals surface area contributed by atoms with Crippen LogP contribution in [0.25, 0.3) is 0 Å². The molecule has 1 fully saturated rings. The summed E-state index contributed by atoms with van der Waals surface area (Å²) < 4.78 is 9.76. The molecule has 0 saturated carbocycles. The molecule has 0 unspecified atom stereocenters. The summed E-state index contributed by atoms with van der Waals surface area (Å²) in [6.45, 7) is 3.56. The Hall–Kier alpha value is -0.570. The Labute approximate surface area is 73.0 Å². The molecule has 70 valence electrons. The van der Waals surface area contributed by atoms with Crippen molar-refractivity contribution in [2.75, 3.05) is 20.3 Å². The van der Waals surface area contributed by atoms with E-state index in [1.807, 2.05) is 0 Å². The summed E-state index contributed by atoms with van der Waals surface area (Å²) >= 11 is 0. The van der Waals surface area contributed by atoms with Crippen LogP contribution >= 0.6 is 0 Å². The maximum Gasteiger partial charge on any atom is 0.306 e. The van der Waals surface area contributed by atoms with E-state index in [1.54, 1.807) is 0 Å². The summed E-state index contributed by atoms with van der Waals surface area (Å²) in [6, 6.07) is 0. The highest BCUT2D eigenvalue weighted by Gasteiger charge is 2.39. The van der Waals surface area contributed by atoms with Gasteiger partial charge in [-0.15, -0.1) is 0 Å². The molecule has 1 heterocycles. The van der Waals surface area contributed by atoms with E-state index >= 15 is 0 Å². The first-order valence-corrected chi connectivity index (χ1v) is 4.37. The molecule has 0 aliphatic carbocycles. The van der Waals surface area contributed by atoms with Gasteiger partial charge in [-0.1, -0.05) is 13.3 Å². The molecule has 0 aromatic heterocycles. The Kier molecular flexibility index (Phi) is 3.09. The van der Waals surface area contributed by atoms with Crippen molar-refractivity contribution in [1.82, 2.24) is 0 Å². The van der Waals surface area contributed by atoms with E-state index in [2.05, 4.69) is 11.7 Å². The summed E-state index contributed by atoms with van der Waals surface area (Å²) in [6.07, 6.45) is 2.67. The molecule has 0 bridgehead atoms. The molecule has 0 N–H and O–H groups in total. The monoisotopic (exact) mass is 172 g/mol. The van der Waals surface area contributed by atoms with E-state index in [4.69, 9.17) is 4.74 Å². The van der Waals surface area contributed by atoms with Gasteiger partial charge in [0.1, 0.15) is 0 Å². The third kappa shape index (κ3) is 1.97. The van der Waals surface area contributed by atoms with Crippen LogP contribution in [0.5, 0.6) is 0 Å². The van der Waals surface area contributed by atoms with Crippen molar-refractivity contribution in [3.8, 4) is 0 Å². The van der Waals surface area contributed by atoms with Crippen molar-refractivity contribution in [3.63, 3.8) is 0 Å². The SMILES string of the molecule is CCCC1(CC(=O)OC)COC1. The van der Waals surface area contributed by atoms with E-state index in [0.29, 0.717) is 6.42 Å². The molecule has 0 aromatic carbocycles. The van der Waals surface area contributed by atoms with Crippen molar-refractivity contribution in [1.29, 1.82) is 0 Å². The van der Waals surface area contributed by atoms with Crippen LogP contribution in [-0.4, -0.2) is 26.3 Å².